The Morgan fingerprint density at radius 1 is 1.14 bits per heavy atom. The van der Waals surface area contributed by atoms with Crippen LogP contribution < -0.4 is 10.2 Å². The molecule has 6 heteroatoms. The van der Waals surface area contributed by atoms with Gasteiger partial charge in [-0.25, -0.2) is 4.90 Å². The summed E-state index contributed by atoms with van der Waals surface area (Å²) in [5.74, 6) is -0.455. The zero-order valence-corrected chi connectivity index (χ0v) is 12.5. The standard InChI is InChI=1S/C16H19N3O3/c1-11(20)17-12-4-6-13(7-5-12)19-15(21)10-14(16(19)22)18-8-2-3-9-18/h4-7,14H,2-3,8-10H2,1H3,(H,17,20)/t14-/m1/s1. The van der Waals surface area contributed by atoms with E-state index in [1.807, 2.05) is 0 Å². The minimum Gasteiger partial charge on any atom is -0.326 e. The van der Waals surface area contributed by atoms with Gasteiger partial charge in [-0.05, 0) is 50.2 Å². The summed E-state index contributed by atoms with van der Waals surface area (Å²) in [6.07, 6.45) is 2.43. The van der Waals surface area contributed by atoms with Crippen molar-refractivity contribution in [3.8, 4) is 0 Å². The number of imide groups is 1. The number of likely N-dealkylation sites (tertiary alicyclic amines) is 1. The summed E-state index contributed by atoms with van der Waals surface area (Å²) >= 11 is 0. The van der Waals surface area contributed by atoms with E-state index in [4.69, 9.17) is 0 Å². The summed E-state index contributed by atoms with van der Waals surface area (Å²) in [6, 6.07) is 6.45. The van der Waals surface area contributed by atoms with Crippen LogP contribution in [0.15, 0.2) is 24.3 Å². The van der Waals surface area contributed by atoms with Gasteiger partial charge in [0.05, 0.1) is 18.2 Å². The van der Waals surface area contributed by atoms with Gasteiger partial charge in [0.15, 0.2) is 0 Å². The molecule has 2 saturated heterocycles. The van der Waals surface area contributed by atoms with Gasteiger partial charge in [0.1, 0.15) is 0 Å². The first-order valence-corrected chi connectivity index (χ1v) is 7.55. The van der Waals surface area contributed by atoms with Crippen LogP contribution in [-0.2, 0) is 14.4 Å². The Kier molecular flexibility index (Phi) is 3.94. The maximum absolute atomic E-state index is 12.6. The number of nitrogens with one attached hydrogen (secondary N) is 1. The lowest BCUT2D eigenvalue weighted by molar-refractivity contribution is -0.122. The van der Waals surface area contributed by atoms with Gasteiger partial charge in [-0.15, -0.1) is 0 Å². The van der Waals surface area contributed by atoms with Gasteiger partial charge < -0.3 is 5.32 Å². The Morgan fingerprint density at radius 3 is 2.36 bits per heavy atom. The first-order valence-electron chi connectivity index (χ1n) is 7.55. The molecular weight excluding hydrogens is 282 g/mol. The molecule has 0 aromatic heterocycles. The third-order valence-electron chi connectivity index (χ3n) is 4.15. The molecule has 2 heterocycles. The van der Waals surface area contributed by atoms with Crippen LogP contribution in [0.4, 0.5) is 11.4 Å². The maximum atomic E-state index is 12.6. The number of nitrogens with zero attached hydrogens (tertiary/aromatic N) is 2. The molecule has 22 heavy (non-hydrogen) atoms. The fourth-order valence-corrected chi connectivity index (χ4v) is 3.12. The fourth-order valence-electron chi connectivity index (χ4n) is 3.12. The minimum atomic E-state index is -0.315. The molecule has 0 bridgehead atoms. The van der Waals surface area contributed by atoms with Crippen LogP contribution in [0.1, 0.15) is 26.2 Å². The highest BCUT2D eigenvalue weighted by Crippen LogP contribution is 2.28. The predicted molar refractivity (Wildman–Crippen MR) is 82.5 cm³/mol. The number of carbonyl (C=O) groups excluding carboxylic acids is 3. The van der Waals surface area contributed by atoms with Crippen LogP contribution in [-0.4, -0.2) is 41.8 Å². The van der Waals surface area contributed by atoms with Crippen LogP contribution >= 0.6 is 0 Å². The normalized spacial score (nSPS) is 22.4. The van der Waals surface area contributed by atoms with Gasteiger partial charge in [0.2, 0.25) is 11.8 Å². The molecule has 1 aromatic rings. The molecule has 3 rings (SSSR count). The summed E-state index contributed by atoms with van der Waals surface area (Å²) < 4.78 is 0. The molecule has 1 N–H and O–H groups in total. The van der Waals surface area contributed by atoms with Crippen LogP contribution in [0, 0.1) is 0 Å². The number of carbonyl (C=O) groups is 3. The van der Waals surface area contributed by atoms with Crippen LogP contribution in [0.3, 0.4) is 0 Å². The Balaban J connectivity index is 1.77. The lowest BCUT2D eigenvalue weighted by Gasteiger charge is -2.21. The van der Waals surface area contributed by atoms with E-state index in [0.717, 1.165) is 25.9 Å². The lowest BCUT2D eigenvalue weighted by Crippen LogP contribution is -2.40. The predicted octanol–water partition coefficient (Wildman–Crippen LogP) is 1.37. The summed E-state index contributed by atoms with van der Waals surface area (Å²) in [4.78, 5) is 39.2. The number of anilines is 2. The highest BCUT2D eigenvalue weighted by Gasteiger charge is 2.43. The van der Waals surface area contributed by atoms with Gasteiger partial charge in [-0.1, -0.05) is 0 Å². The zero-order chi connectivity index (χ0) is 15.7. The van der Waals surface area contributed by atoms with Gasteiger partial charge in [-0.2, -0.15) is 0 Å². The van der Waals surface area contributed by atoms with E-state index >= 15 is 0 Å². The average Bonchev–Trinajstić information content (AvgIpc) is 3.08. The Morgan fingerprint density at radius 2 is 1.77 bits per heavy atom. The second-order valence-electron chi connectivity index (χ2n) is 5.76. The van der Waals surface area contributed by atoms with E-state index in [2.05, 4.69) is 10.2 Å². The summed E-state index contributed by atoms with van der Waals surface area (Å²) in [5, 5.41) is 2.66. The molecule has 3 amide bonds. The highest BCUT2D eigenvalue weighted by atomic mass is 16.2. The third kappa shape index (κ3) is 2.74. The van der Waals surface area contributed by atoms with Crippen LogP contribution in [0.25, 0.3) is 0 Å². The summed E-state index contributed by atoms with van der Waals surface area (Å²) in [5.41, 5.74) is 1.21. The monoisotopic (exact) mass is 301 g/mol. The molecule has 0 unspecified atom stereocenters. The molecule has 0 aliphatic carbocycles. The summed E-state index contributed by atoms with van der Waals surface area (Å²) in [6.45, 7) is 3.21. The van der Waals surface area contributed by atoms with Gasteiger partial charge in [0.25, 0.3) is 5.91 Å². The quantitative estimate of drug-likeness (QED) is 0.856. The van der Waals surface area contributed by atoms with E-state index in [1.54, 1.807) is 24.3 Å². The molecule has 2 fully saturated rings. The van der Waals surface area contributed by atoms with Gasteiger partial charge in [0, 0.05) is 12.6 Å². The van der Waals surface area contributed by atoms with Crippen molar-refractivity contribution in [2.24, 2.45) is 0 Å². The molecule has 2 aliphatic rings. The molecule has 2 aliphatic heterocycles. The van der Waals surface area contributed by atoms with E-state index in [-0.39, 0.29) is 30.2 Å². The Hall–Kier alpha value is -2.21. The highest BCUT2D eigenvalue weighted by molar-refractivity contribution is 6.22. The van der Waals surface area contributed by atoms with E-state index in [9.17, 15) is 14.4 Å². The van der Waals surface area contributed by atoms with Crippen LogP contribution in [0.5, 0.6) is 0 Å². The lowest BCUT2D eigenvalue weighted by atomic mass is 10.2. The fraction of sp³-hybridized carbons (Fsp3) is 0.438. The Labute approximate surface area is 129 Å². The second-order valence-corrected chi connectivity index (χ2v) is 5.76. The van der Waals surface area contributed by atoms with Crippen molar-refractivity contribution >= 4 is 29.1 Å². The number of rotatable bonds is 3. The van der Waals surface area contributed by atoms with E-state index in [1.165, 1.54) is 11.8 Å². The van der Waals surface area contributed by atoms with Gasteiger partial charge >= 0.3 is 0 Å². The molecule has 1 aromatic carbocycles. The Bertz CT molecular complexity index is 606. The largest absolute Gasteiger partial charge is 0.326 e. The molecule has 6 nitrogen and oxygen atoms in total. The number of hydrogen-bond donors (Lipinski definition) is 1. The minimum absolute atomic E-state index is 0.140. The van der Waals surface area contributed by atoms with Crippen molar-refractivity contribution in [1.82, 2.24) is 4.90 Å². The number of benzene rings is 1. The molecule has 1 atom stereocenters. The molecule has 0 spiro atoms. The van der Waals surface area contributed by atoms with Crippen LogP contribution in [0.2, 0.25) is 0 Å². The molecule has 0 radical (unpaired) electrons. The van der Waals surface area contributed by atoms with E-state index in [0.29, 0.717) is 11.4 Å². The topological polar surface area (TPSA) is 69.7 Å². The van der Waals surface area contributed by atoms with Crippen molar-refractivity contribution in [2.75, 3.05) is 23.3 Å². The molecule has 116 valence electrons. The smallest absolute Gasteiger partial charge is 0.251 e. The van der Waals surface area contributed by atoms with Crippen molar-refractivity contribution in [2.45, 2.75) is 32.2 Å². The van der Waals surface area contributed by atoms with E-state index < -0.39 is 0 Å². The molecule has 0 saturated carbocycles. The molecular formula is C16H19N3O3. The van der Waals surface area contributed by atoms with Gasteiger partial charge in [-0.3, -0.25) is 19.3 Å². The third-order valence-corrected chi connectivity index (χ3v) is 4.15. The van der Waals surface area contributed by atoms with Crippen molar-refractivity contribution in [1.29, 1.82) is 0 Å². The van der Waals surface area contributed by atoms with Crippen molar-refractivity contribution in [3.05, 3.63) is 24.3 Å². The average molecular weight is 301 g/mol. The first kappa shape index (κ1) is 14.7. The van der Waals surface area contributed by atoms with Crippen molar-refractivity contribution in [3.63, 3.8) is 0 Å². The SMILES string of the molecule is CC(=O)Nc1ccc(N2C(=O)C[C@@H](N3CCCC3)C2=O)cc1. The number of hydrogen-bond acceptors (Lipinski definition) is 4. The zero-order valence-electron chi connectivity index (χ0n) is 12.5. The maximum Gasteiger partial charge on any atom is 0.251 e. The second kappa shape index (κ2) is 5.88. The first-order chi connectivity index (χ1) is 10.6. The summed E-state index contributed by atoms with van der Waals surface area (Å²) in [7, 11) is 0. The van der Waals surface area contributed by atoms with Crippen molar-refractivity contribution < 1.29 is 14.4 Å². The number of amides is 3.